The van der Waals surface area contributed by atoms with Gasteiger partial charge in [0.25, 0.3) is 0 Å². The Balaban J connectivity index is 1.77. The molecule has 2 amide bonds. The Morgan fingerprint density at radius 3 is 2.76 bits per heavy atom. The monoisotopic (exact) mass is 289 g/mol. The highest BCUT2D eigenvalue weighted by atomic mass is 19.1. The molecule has 3 N–H and O–H groups in total. The van der Waals surface area contributed by atoms with Crippen LogP contribution in [0.15, 0.2) is 48.8 Å². The predicted octanol–water partition coefficient (Wildman–Crippen LogP) is 1.75. The molecular weight excluding hydrogens is 273 g/mol. The van der Waals surface area contributed by atoms with Crippen LogP contribution in [0.3, 0.4) is 0 Å². The van der Waals surface area contributed by atoms with Gasteiger partial charge >= 0.3 is 6.03 Å². The zero-order chi connectivity index (χ0) is 15.1. The molecule has 6 heteroatoms. The first-order valence-electron chi connectivity index (χ1n) is 6.50. The number of carbonyl (C=O) groups is 1. The number of amides is 2. The number of aliphatic hydroxyl groups excluding tert-OH is 1. The van der Waals surface area contributed by atoms with E-state index in [1.165, 1.54) is 12.1 Å². The topological polar surface area (TPSA) is 74.2 Å². The van der Waals surface area contributed by atoms with E-state index in [4.69, 9.17) is 0 Å². The summed E-state index contributed by atoms with van der Waals surface area (Å²) in [6, 6.07) is 9.09. The van der Waals surface area contributed by atoms with Gasteiger partial charge < -0.3 is 15.7 Å². The van der Waals surface area contributed by atoms with E-state index < -0.39 is 18.0 Å². The molecule has 0 aliphatic heterocycles. The lowest BCUT2D eigenvalue weighted by Gasteiger charge is -2.13. The molecule has 0 spiro atoms. The van der Waals surface area contributed by atoms with Crippen LogP contribution in [0.2, 0.25) is 0 Å². The van der Waals surface area contributed by atoms with Gasteiger partial charge in [-0.2, -0.15) is 0 Å². The highest BCUT2D eigenvalue weighted by Gasteiger charge is 2.13. The Morgan fingerprint density at radius 2 is 2.05 bits per heavy atom. The van der Waals surface area contributed by atoms with E-state index in [2.05, 4.69) is 15.6 Å². The summed E-state index contributed by atoms with van der Waals surface area (Å²) in [6.07, 6.45) is 2.21. The van der Waals surface area contributed by atoms with Crippen molar-refractivity contribution in [1.29, 1.82) is 0 Å². The van der Waals surface area contributed by atoms with Gasteiger partial charge in [0.15, 0.2) is 0 Å². The summed E-state index contributed by atoms with van der Waals surface area (Å²) < 4.78 is 13.4. The first-order valence-corrected chi connectivity index (χ1v) is 6.50. The number of benzene rings is 1. The second kappa shape index (κ2) is 7.35. The number of nitrogens with zero attached hydrogens (tertiary/aromatic N) is 1. The average Bonchev–Trinajstić information content (AvgIpc) is 2.52. The van der Waals surface area contributed by atoms with Crippen molar-refractivity contribution >= 4 is 6.03 Å². The van der Waals surface area contributed by atoms with Gasteiger partial charge in [0.1, 0.15) is 5.82 Å². The van der Waals surface area contributed by atoms with Crippen LogP contribution in [-0.4, -0.2) is 22.7 Å². The summed E-state index contributed by atoms with van der Waals surface area (Å²) in [5.74, 6) is -0.498. The van der Waals surface area contributed by atoms with Gasteiger partial charge in [-0.1, -0.05) is 24.3 Å². The number of nitrogens with one attached hydrogen (secondary N) is 2. The lowest BCUT2D eigenvalue weighted by molar-refractivity contribution is 0.169. The fourth-order valence-corrected chi connectivity index (χ4v) is 1.79. The minimum atomic E-state index is -1.09. The summed E-state index contributed by atoms with van der Waals surface area (Å²) in [5.41, 5.74) is 1.02. The number of hydrogen-bond donors (Lipinski definition) is 3. The number of rotatable bonds is 5. The molecule has 1 aromatic heterocycles. The third kappa shape index (κ3) is 4.54. The zero-order valence-corrected chi connectivity index (χ0v) is 11.3. The molecule has 1 unspecified atom stereocenters. The normalized spacial score (nSPS) is 11.7. The van der Waals surface area contributed by atoms with Crippen molar-refractivity contribution in [1.82, 2.24) is 15.6 Å². The van der Waals surface area contributed by atoms with E-state index in [0.29, 0.717) is 6.54 Å². The second-order valence-electron chi connectivity index (χ2n) is 4.46. The maximum absolute atomic E-state index is 13.4. The molecule has 0 aliphatic rings. The first kappa shape index (κ1) is 14.9. The van der Waals surface area contributed by atoms with Crippen LogP contribution < -0.4 is 10.6 Å². The Bertz CT molecular complexity index is 592. The summed E-state index contributed by atoms with van der Waals surface area (Å²) in [5, 5.41) is 15.0. The van der Waals surface area contributed by atoms with E-state index in [-0.39, 0.29) is 12.1 Å². The van der Waals surface area contributed by atoms with Crippen LogP contribution in [0.5, 0.6) is 0 Å². The quantitative estimate of drug-likeness (QED) is 0.785. The molecule has 1 aromatic carbocycles. The number of aliphatic hydroxyl groups is 1. The third-order valence-electron chi connectivity index (χ3n) is 2.90. The number of pyridine rings is 1. The van der Waals surface area contributed by atoms with Crippen molar-refractivity contribution in [2.24, 2.45) is 0 Å². The van der Waals surface area contributed by atoms with Crippen LogP contribution in [0, 0.1) is 5.82 Å². The molecule has 2 aromatic rings. The number of aromatic nitrogens is 1. The maximum Gasteiger partial charge on any atom is 0.315 e. The molecule has 0 radical (unpaired) electrons. The van der Waals surface area contributed by atoms with Gasteiger partial charge in [-0.25, -0.2) is 9.18 Å². The SMILES string of the molecule is O=C(NCc1cccnc1)NCC(O)c1ccccc1F. The Hall–Kier alpha value is -2.47. The van der Waals surface area contributed by atoms with Crippen LogP contribution >= 0.6 is 0 Å². The highest BCUT2D eigenvalue weighted by Crippen LogP contribution is 2.15. The van der Waals surface area contributed by atoms with Crippen LogP contribution in [-0.2, 0) is 6.54 Å². The molecule has 0 saturated carbocycles. The summed E-state index contributed by atoms with van der Waals surface area (Å²) in [7, 11) is 0. The summed E-state index contributed by atoms with van der Waals surface area (Å²) in [6.45, 7) is 0.259. The molecule has 2 rings (SSSR count). The van der Waals surface area contributed by atoms with Gasteiger partial charge in [-0.3, -0.25) is 4.98 Å². The van der Waals surface area contributed by atoms with Crippen molar-refractivity contribution in [3.63, 3.8) is 0 Å². The average molecular weight is 289 g/mol. The van der Waals surface area contributed by atoms with E-state index in [0.717, 1.165) is 5.56 Å². The first-order chi connectivity index (χ1) is 10.2. The number of halogens is 1. The lowest BCUT2D eigenvalue weighted by atomic mass is 10.1. The molecule has 0 saturated heterocycles. The Kier molecular flexibility index (Phi) is 5.22. The van der Waals surface area contributed by atoms with E-state index in [1.54, 1.807) is 30.6 Å². The smallest absolute Gasteiger partial charge is 0.315 e. The van der Waals surface area contributed by atoms with Crippen molar-refractivity contribution < 1.29 is 14.3 Å². The highest BCUT2D eigenvalue weighted by molar-refractivity contribution is 5.73. The molecule has 1 heterocycles. The standard InChI is InChI=1S/C15H16FN3O2/c16-13-6-2-1-5-12(13)14(20)10-19-15(21)18-9-11-4-3-7-17-8-11/h1-8,14,20H,9-10H2,(H2,18,19,21). The molecule has 0 fully saturated rings. The third-order valence-corrected chi connectivity index (χ3v) is 2.90. The van der Waals surface area contributed by atoms with Crippen LogP contribution in [0.1, 0.15) is 17.2 Å². The number of carbonyl (C=O) groups excluding carboxylic acids is 1. The van der Waals surface area contributed by atoms with Gasteiger partial charge in [0, 0.05) is 31.0 Å². The minimum absolute atomic E-state index is 0.0696. The molecular formula is C15H16FN3O2. The van der Waals surface area contributed by atoms with Crippen LogP contribution in [0.4, 0.5) is 9.18 Å². The molecule has 0 aliphatic carbocycles. The van der Waals surface area contributed by atoms with Crippen molar-refractivity contribution in [3.8, 4) is 0 Å². The summed E-state index contributed by atoms with van der Waals surface area (Å²) in [4.78, 5) is 15.5. The molecule has 5 nitrogen and oxygen atoms in total. The Morgan fingerprint density at radius 1 is 1.24 bits per heavy atom. The fraction of sp³-hybridized carbons (Fsp3) is 0.200. The van der Waals surface area contributed by atoms with Gasteiger partial charge in [-0.05, 0) is 17.7 Å². The van der Waals surface area contributed by atoms with Crippen molar-refractivity contribution in [2.75, 3.05) is 6.54 Å². The van der Waals surface area contributed by atoms with Crippen molar-refractivity contribution in [2.45, 2.75) is 12.6 Å². The van der Waals surface area contributed by atoms with Gasteiger partial charge in [0.2, 0.25) is 0 Å². The number of urea groups is 1. The maximum atomic E-state index is 13.4. The van der Waals surface area contributed by atoms with Gasteiger partial charge in [0.05, 0.1) is 6.10 Å². The minimum Gasteiger partial charge on any atom is -0.386 e. The van der Waals surface area contributed by atoms with E-state index >= 15 is 0 Å². The largest absolute Gasteiger partial charge is 0.386 e. The lowest BCUT2D eigenvalue weighted by Crippen LogP contribution is -2.37. The molecule has 1 atom stereocenters. The second-order valence-corrected chi connectivity index (χ2v) is 4.46. The molecule has 21 heavy (non-hydrogen) atoms. The van der Waals surface area contributed by atoms with E-state index in [9.17, 15) is 14.3 Å². The summed E-state index contributed by atoms with van der Waals surface area (Å²) >= 11 is 0. The number of hydrogen-bond acceptors (Lipinski definition) is 3. The Labute approximate surface area is 121 Å². The van der Waals surface area contributed by atoms with Crippen LogP contribution in [0.25, 0.3) is 0 Å². The van der Waals surface area contributed by atoms with Crippen molar-refractivity contribution in [3.05, 3.63) is 65.7 Å². The molecule has 0 bridgehead atoms. The fourth-order valence-electron chi connectivity index (χ4n) is 1.79. The van der Waals surface area contributed by atoms with E-state index in [1.807, 2.05) is 6.07 Å². The predicted molar refractivity (Wildman–Crippen MR) is 75.8 cm³/mol. The van der Waals surface area contributed by atoms with Gasteiger partial charge in [-0.15, -0.1) is 0 Å². The molecule has 110 valence electrons. The zero-order valence-electron chi connectivity index (χ0n) is 11.3.